The van der Waals surface area contributed by atoms with Crippen LogP contribution in [0.1, 0.15) is 25.5 Å². The van der Waals surface area contributed by atoms with Gasteiger partial charge >= 0.3 is 0 Å². The molecule has 1 N–H and O–H groups in total. The smallest absolute Gasteiger partial charge is 0.271 e. The molecule has 9 heteroatoms. The molecule has 0 bridgehead atoms. The van der Waals surface area contributed by atoms with Crippen molar-refractivity contribution in [2.24, 2.45) is 0 Å². The van der Waals surface area contributed by atoms with E-state index in [1.54, 1.807) is 17.5 Å². The minimum Gasteiger partial charge on any atom is -0.276 e. The van der Waals surface area contributed by atoms with E-state index in [0.29, 0.717) is 10.4 Å². The van der Waals surface area contributed by atoms with Gasteiger partial charge in [0.2, 0.25) is 0 Å². The SMILES string of the molecule is CC(C)c1csc(-c2csc(S(=O)(=O)Nc3ccc(Br)cc3F)c2)n1. The Morgan fingerprint density at radius 2 is 1.96 bits per heavy atom. The number of nitrogens with zero attached hydrogens (tertiary/aromatic N) is 1. The first-order chi connectivity index (χ1) is 11.8. The second-order valence-corrected chi connectivity index (χ2v) is 10.2. The third-order valence-corrected chi connectivity index (χ3v) is 7.58. The molecule has 0 saturated heterocycles. The molecule has 1 aromatic carbocycles. The van der Waals surface area contributed by atoms with E-state index in [-0.39, 0.29) is 9.90 Å². The number of anilines is 1. The molecule has 0 amide bonds. The van der Waals surface area contributed by atoms with E-state index in [0.717, 1.165) is 27.6 Å². The fourth-order valence-corrected chi connectivity index (χ4v) is 5.63. The van der Waals surface area contributed by atoms with E-state index >= 15 is 0 Å². The summed E-state index contributed by atoms with van der Waals surface area (Å²) in [4.78, 5) is 4.53. The summed E-state index contributed by atoms with van der Waals surface area (Å²) in [6.07, 6.45) is 0. The maximum Gasteiger partial charge on any atom is 0.271 e. The van der Waals surface area contributed by atoms with E-state index in [1.165, 1.54) is 23.5 Å². The molecule has 0 aliphatic rings. The number of aromatic nitrogens is 1. The lowest BCUT2D eigenvalue weighted by Gasteiger charge is -2.07. The topological polar surface area (TPSA) is 59.1 Å². The van der Waals surface area contributed by atoms with Gasteiger partial charge in [0.05, 0.1) is 11.4 Å². The van der Waals surface area contributed by atoms with Gasteiger partial charge in [0.1, 0.15) is 15.0 Å². The van der Waals surface area contributed by atoms with Crippen LogP contribution in [0.15, 0.2) is 43.7 Å². The Hall–Kier alpha value is -1.29. The molecule has 0 saturated carbocycles. The van der Waals surface area contributed by atoms with Crippen LogP contribution in [0.5, 0.6) is 0 Å². The molecule has 0 fully saturated rings. The second-order valence-electron chi connectivity index (χ2n) is 5.62. The summed E-state index contributed by atoms with van der Waals surface area (Å²) in [6, 6.07) is 5.72. The zero-order valence-electron chi connectivity index (χ0n) is 13.3. The van der Waals surface area contributed by atoms with Gasteiger partial charge in [-0.2, -0.15) is 0 Å². The summed E-state index contributed by atoms with van der Waals surface area (Å²) in [5.74, 6) is -0.329. The van der Waals surface area contributed by atoms with Crippen molar-refractivity contribution in [2.45, 2.75) is 24.0 Å². The van der Waals surface area contributed by atoms with E-state index in [2.05, 4.69) is 39.5 Å². The molecule has 0 radical (unpaired) electrons. The maximum absolute atomic E-state index is 13.9. The molecule has 2 aromatic heterocycles. The first-order valence-corrected chi connectivity index (χ1v) is 11.3. The van der Waals surface area contributed by atoms with Crippen LogP contribution in [-0.4, -0.2) is 13.4 Å². The third-order valence-electron chi connectivity index (χ3n) is 3.38. The summed E-state index contributed by atoms with van der Waals surface area (Å²) in [5.41, 5.74) is 1.64. The Morgan fingerprint density at radius 3 is 2.60 bits per heavy atom. The number of sulfonamides is 1. The molecule has 0 atom stereocenters. The zero-order chi connectivity index (χ0) is 18.2. The number of thiazole rings is 1. The molecular weight excluding hydrogens is 447 g/mol. The van der Waals surface area contributed by atoms with E-state index < -0.39 is 15.8 Å². The zero-order valence-corrected chi connectivity index (χ0v) is 17.3. The fraction of sp³-hybridized carbons (Fsp3) is 0.188. The molecule has 3 aromatic rings. The highest BCUT2D eigenvalue weighted by Crippen LogP contribution is 2.33. The van der Waals surface area contributed by atoms with Gasteiger partial charge in [-0.15, -0.1) is 22.7 Å². The van der Waals surface area contributed by atoms with Gasteiger partial charge in [-0.25, -0.2) is 17.8 Å². The Balaban J connectivity index is 1.87. The number of rotatable bonds is 5. The number of nitrogens with one attached hydrogen (secondary N) is 1. The Labute approximate surface area is 161 Å². The fourth-order valence-electron chi connectivity index (χ4n) is 2.02. The Morgan fingerprint density at radius 1 is 1.20 bits per heavy atom. The van der Waals surface area contributed by atoms with Crippen molar-refractivity contribution < 1.29 is 12.8 Å². The molecular formula is C16H14BrFN2O2S3. The van der Waals surface area contributed by atoms with Crippen molar-refractivity contribution in [3.8, 4) is 10.6 Å². The first-order valence-electron chi connectivity index (χ1n) is 7.28. The van der Waals surface area contributed by atoms with Crippen LogP contribution in [0.4, 0.5) is 10.1 Å². The summed E-state index contributed by atoms with van der Waals surface area (Å²) < 4.78 is 41.8. The van der Waals surface area contributed by atoms with Gasteiger partial charge in [0.25, 0.3) is 10.0 Å². The number of thiophene rings is 1. The largest absolute Gasteiger partial charge is 0.276 e. The average Bonchev–Trinajstić information content (AvgIpc) is 3.18. The lowest BCUT2D eigenvalue weighted by molar-refractivity contribution is 0.600. The summed E-state index contributed by atoms with van der Waals surface area (Å²) in [7, 11) is -3.86. The second kappa shape index (κ2) is 7.14. The average molecular weight is 461 g/mol. The number of hydrogen-bond acceptors (Lipinski definition) is 5. The van der Waals surface area contributed by atoms with Crippen molar-refractivity contribution in [1.82, 2.24) is 4.98 Å². The van der Waals surface area contributed by atoms with Crippen LogP contribution in [0.25, 0.3) is 10.6 Å². The third kappa shape index (κ3) is 4.11. The van der Waals surface area contributed by atoms with Crippen LogP contribution < -0.4 is 4.72 Å². The molecule has 132 valence electrons. The van der Waals surface area contributed by atoms with Gasteiger partial charge in [-0.1, -0.05) is 29.8 Å². The number of hydrogen-bond donors (Lipinski definition) is 1. The van der Waals surface area contributed by atoms with Gasteiger partial charge in [0, 0.05) is 20.8 Å². The van der Waals surface area contributed by atoms with Crippen molar-refractivity contribution in [3.05, 3.63) is 51.0 Å². The highest BCUT2D eigenvalue weighted by molar-refractivity contribution is 9.10. The minimum atomic E-state index is -3.86. The quantitative estimate of drug-likeness (QED) is 0.531. The van der Waals surface area contributed by atoms with Crippen molar-refractivity contribution in [2.75, 3.05) is 4.72 Å². The predicted octanol–water partition coefficient (Wildman–Crippen LogP) is 5.70. The highest BCUT2D eigenvalue weighted by Gasteiger charge is 2.20. The Bertz CT molecular complexity index is 1010. The van der Waals surface area contributed by atoms with Crippen molar-refractivity contribution >= 4 is 54.3 Å². The van der Waals surface area contributed by atoms with E-state index in [4.69, 9.17) is 0 Å². The maximum atomic E-state index is 13.9. The molecule has 0 spiro atoms. The lowest BCUT2D eigenvalue weighted by atomic mass is 10.2. The predicted molar refractivity (Wildman–Crippen MR) is 104 cm³/mol. The molecule has 4 nitrogen and oxygen atoms in total. The molecule has 3 rings (SSSR count). The van der Waals surface area contributed by atoms with Crippen LogP contribution in [-0.2, 0) is 10.0 Å². The minimum absolute atomic E-state index is 0.0884. The van der Waals surface area contributed by atoms with Crippen LogP contribution in [0, 0.1) is 5.82 Å². The van der Waals surface area contributed by atoms with Gasteiger partial charge in [-0.05, 0) is 30.2 Å². The Kier molecular flexibility index (Phi) is 5.29. The van der Waals surface area contributed by atoms with Crippen molar-refractivity contribution in [3.63, 3.8) is 0 Å². The molecule has 2 heterocycles. The molecule has 0 aliphatic carbocycles. The highest BCUT2D eigenvalue weighted by atomic mass is 79.9. The summed E-state index contributed by atoms with van der Waals surface area (Å²) in [5, 5.41) is 4.49. The van der Waals surface area contributed by atoms with E-state index in [1.807, 2.05) is 5.38 Å². The monoisotopic (exact) mass is 460 g/mol. The van der Waals surface area contributed by atoms with E-state index in [9.17, 15) is 12.8 Å². The number of benzene rings is 1. The molecule has 25 heavy (non-hydrogen) atoms. The normalized spacial score (nSPS) is 11.9. The van der Waals surface area contributed by atoms with Gasteiger partial charge in [0.15, 0.2) is 0 Å². The van der Waals surface area contributed by atoms with Crippen molar-refractivity contribution in [1.29, 1.82) is 0 Å². The summed E-state index contributed by atoms with van der Waals surface area (Å²) in [6.45, 7) is 4.11. The van der Waals surface area contributed by atoms with Crippen LogP contribution >= 0.6 is 38.6 Å². The standard InChI is InChI=1S/C16H14BrFN2O2S3/c1-9(2)14-8-24-16(19-14)10-5-15(23-7-10)25(21,22)20-13-4-3-11(17)6-12(13)18/h3-9,20H,1-2H3. The first kappa shape index (κ1) is 18.5. The summed E-state index contributed by atoms with van der Waals surface area (Å²) >= 11 is 5.70. The molecule has 0 aliphatic heterocycles. The molecule has 0 unspecified atom stereocenters. The lowest BCUT2D eigenvalue weighted by Crippen LogP contribution is -2.12. The van der Waals surface area contributed by atoms with Crippen LogP contribution in [0.3, 0.4) is 0 Å². The van der Waals surface area contributed by atoms with Gasteiger partial charge < -0.3 is 0 Å². The van der Waals surface area contributed by atoms with Crippen LogP contribution in [0.2, 0.25) is 0 Å². The van der Waals surface area contributed by atoms with Gasteiger partial charge in [-0.3, -0.25) is 4.72 Å². The number of halogens is 2.